The Kier molecular flexibility index (Phi) is 8.92. The predicted molar refractivity (Wildman–Crippen MR) is 138 cm³/mol. The maximum Gasteiger partial charge on any atom is 0.329 e. The Hall–Kier alpha value is -3.33. The van der Waals surface area contributed by atoms with Crippen LogP contribution in [0.5, 0.6) is 11.5 Å². The second-order valence-corrected chi connectivity index (χ2v) is 8.89. The zero-order chi connectivity index (χ0) is 25.5. The molecule has 1 heterocycles. The molecule has 1 fully saturated rings. The zero-order valence-electron chi connectivity index (χ0n) is 20.3. The molecule has 35 heavy (non-hydrogen) atoms. The number of benzene rings is 2. The van der Waals surface area contributed by atoms with Gasteiger partial charge in [-0.3, -0.25) is 9.59 Å². The van der Waals surface area contributed by atoms with E-state index in [9.17, 15) is 14.4 Å². The molecule has 1 saturated heterocycles. The van der Waals surface area contributed by atoms with E-state index in [1.807, 2.05) is 45.9 Å². The first kappa shape index (κ1) is 26.3. The van der Waals surface area contributed by atoms with Gasteiger partial charge < -0.3 is 20.1 Å². The number of amides is 4. The molecule has 0 unspecified atom stereocenters. The van der Waals surface area contributed by atoms with E-state index in [4.69, 9.17) is 9.47 Å². The number of anilines is 1. The molecule has 3 rings (SSSR count). The molecule has 0 aliphatic carbocycles. The molecule has 0 bridgehead atoms. The van der Waals surface area contributed by atoms with Gasteiger partial charge in [0.05, 0.1) is 17.2 Å². The summed E-state index contributed by atoms with van der Waals surface area (Å²) in [5.41, 5.74) is 2.33. The Morgan fingerprint density at radius 1 is 1.20 bits per heavy atom. The molecule has 2 aromatic rings. The van der Waals surface area contributed by atoms with Gasteiger partial charge in [0.1, 0.15) is 12.2 Å². The number of hydrogen-bond acceptors (Lipinski definition) is 5. The summed E-state index contributed by atoms with van der Waals surface area (Å²) in [5.74, 6) is 0.0684. The number of ether oxygens (including phenoxy) is 2. The van der Waals surface area contributed by atoms with E-state index in [1.54, 1.807) is 24.3 Å². The highest BCUT2D eigenvalue weighted by molar-refractivity contribution is 9.10. The highest BCUT2D eigenvalue weighted by Gasteiger charge is 2.35. The molecular weight excluding hydrogens is 514 g/mol. The molecule has 1 aliphatic rings. The van der Waals surface area contributed by atoms with Crippen LogP contribution in [0.15, 0.2) is 46.6 Å². The van der Waals surface area contributed by atoms with E-state index in [-0.39, 0.29) is 11.8 Å². The number of urea groups is 1. The van der Waals surface area contributed by atoms with E-state index in [2.05, 4.69) is 26.6 Å². The van der Waals surface area contributed by atoms with Crippen molar-refractivity contribution in [2.75, 3.05) is 18.5 Å². The smallest absolute Gasteiger partial charge is 0.329 e. The number of rotatable bonds is 10. The monoisotopic (exact) mass is 543 g/mol. The lowest BCUT2D eigenvalue weighted by atomic mass is 10.1. The Labute approximate surface area is 213 Å². The van der Waals surface area contributed by atoms with Crippen molar-refractivity contribution >= 4 is 45.5 Å². The Morgan fingerprint density at radius 2 is 1.94 bits per heavy atom. The predicted octanol–water partition coefficient (Wildman–Crippen LogP) is 5.12. The van der Waals surface area contributed by atoms with Crippen LogP contribution < -0.4 is 20.1 Å². The minimum absolute atomic E-state index is 0.00518. The summed E-state index contributed by atoms with van der Waals surface area (Å²) in [6, 6.07) is 10.3. The number of aryl methyl sites for hydroxylation is 1. The lowest BCUT2D eigenvalue weighted by Crippen LogP contribution is -2.38. The van der Waals surface area contributed by atoms with Crippen molar-refractivity contribution in [1.29, 1.82) is 0 Å². The number of imide groups is 1. The molecule has 0 spiro atoms. The topological polar surface area (TPSA) is 97.0 Å². The van der Waals surface area contributed by atoms with Gasteiger partial charge in [-0.1, -0.05) is 32.0 Å². The van der Waals surface area contributed by atoms with Gasteiger partial charge in [0, 0.05) is 5.69 Å². The summed E-state index contributed by atoms with van der Waals surface area (Å²) in [6.07, 6.45) is 3.12. The normalized spacial score (nSPS) is 15.2. The van der Waals surface area contributed by atoms with E-state index in [0.717, 1.165) is 23.3 Å². The first-order chi connectivity index (χ1) is 16.8. The van der Waals surface area contributed by atoms with Gasteiger partial charge in [0.25, 0.3) is 5.91 Å². The van der Waals surface area contributed by atoms with Gasteiger partial charge in [-0.2, -0.15) is 0 Å². The standard InChI is InChI=1S/C26H30BrN3O5/c1-5-16(4)35-24-19(27)12-17(14-22(24)34-7-3)13-21-25(32)30(26(33)29-21)15-23(31)28-20-11-9-8-10-18(20)6-2/h8-14,16H,5-7,15H2,1-4H3,(H,28,31)(H,29,33)/b21-13+/t16-/m1/s1. The van der Waals surface area contributed by atoms with Crippen molar-refractivity contribution in [2.24, 2.45) is 0 Å². The van der Waals surface area contributed by atoms with Crippen LogP contribution in [0.25, 0.3) is 6.08 Å². The van der Waals surface area contributed by atoms with Crippen molar-refractivity contribution in [3.05, 3.63) is 57.7 Å². The summed E-state index contributed by atoms with van der Waals surface area (Å²) >= 11 is 3.52. The molecule has 0 aromatic heterocycles. The van der Waals surface area contributed by atoms with Gasteiger partial charge in [-0.25, -0.2) is 9.69 Å². The van der Waals surface area contributed by atoms with Crippen LogP contribution >= 0.6 is 15.9 Å². The van der Waals surface area contributed by atoms with Crippen molar-refractivity contribution in [3.63, 3.8) is 0 Å². The minimum Gasteiger partial charge on any atom is -0.490 e. The summed E-state index contributed by atoms with van der Waals surface area (Å²) < 4.78 is 12.4. The van der Waals surface area contributed by atoms with Crippen molar-refractivity contribution in [2.45, 2.75) is 46.6 Å². The fourth-order valence-corrected chi connectivity index (χ4v) is 4.05. The third kappa shape index (κ3) is 6.42. The lowest BCUT2D eigenvalue weighted by molar-refractivity contribution is -0.127. The van der Waals surface area contributed by atoms with E-state index < -0.39 is 24.4 Å². The Bertz CT molecular complexity index is 1150. The number of carbonyl (C=O) groups excluding carboxylic acids is 3. The largest absolute Gasteiger partial charge is 0.490 e. The summed E-state index contributed by atoms with van der Waals surface area (Å²) in [5, 5.41) is 5.33. The maximum atomic E-state index is 12.9. The molecule has 9 heteroatoms. The fourth-order valence-electron chi connectivity index (χ4n) is 3.50. The molecule has 1 atom stereocenters. The van der Waals surface area contributed by atoms with Gasteiger partial charge in [0.15, 0.2) is 11.5 Å². The highest BCUT2D eigenvalue weighted by atomic mass is 79.9. The Morgan fingerprint density at radius 3 is 2.63 bits per heavy atom. The second-order valence-electron chi connectivity index (χ2n) is 8.04. The highest BCUT2D eigenvalue weighted by Crippen LogP contribution is 2.38. The van der Waals surface area contributed by atoms with Gasteiger partial charge >= 0.3 is 6.03 Å². The van der Waals surface area contributed by atoms with Gasteiger partial charge in [0.2, 0.25) is 5.91 Å². The van der Waals surface area contributed by atoms with E-state index in [0.29, 0.717) is 33.8 Å². The van der Waals surface area contributed by atoms with Crippen LogP contribution in [-0.2, 0) is 16.0 Å². The molecule has 2 N–H and O–H groups in total. The van der Waals surface area contributed by atoms with Crippen molar-refractivity contribution < 1.29 is 23.9 Å². The number of nitrogens with zero attached hydrogens (tertiary/aromatic N) is 1. The summed E-state index contributed by atoms with van der Waals surface area (Å²) in [4.78, 5) is 38.8. The number of hydrogen-bond donors (Lipinski definition) is 2. The second kappa shape index (κ2) is 11.9. The number of para-hydroxylation sites is 1. The van der Waals surface area contributed by atoms with Crippen LogP contribution in [-0.4, -0.2) is 42.0 Å². The van der Waals surface area contributed by atoms with Crippen LogP contribution in [0, 0.1) is 0 Å². The average molecular weight is 544 g/mol. The van der Waals surface area contributed by atoms with Crippen LogP contribution in [0.1, 0.15) is 45.2 Å². The van der Waals surface area contributed by atoms with Crippen molar-refractivity contribution in [1.82, 2.24) is 10.2 Å². The van der Waals surface area contributed by atoms with E-state index in [1.165, 1.54) is 0 Å². The molecule has 0 saturated carbocycles. The first-order valence-electron chi connectivity index (χ1n) is 11.6. The lowest BCUT2D eigenvalue weighted by Gasteiger charge is -2.18. The number of halogens is 1. The fraction of sp³-hybridized carbons (Fsp3) is 0.346. The van der Waals surface area contributed by atoms with E-state index >= 15 is 0 Å². The van der Waals surface area contributed by atoms with Crippen LogP contribution in [0.4, 0.5) is 10.5 Å². The maximum absolute atomic E-state index is 12.9. The molecule has 2 aromatic carbocycles. The summed E-state index contributed by atoms with van der Waals surface area (Å²) in [6.45, 7) is 7.89. The minimum atomic E-state index is -0.652. The summed E-state index contributed by atoms with van der Waals surface area (Å²) in [7, 11) is 0. The molecule has 0 radical (unpaired) electrons. The average Bonchev–Trinajstić information content (AvgIpc) is 3.08. The van der Waals surface area contributed by atoms with Crippen LogP contribution in [0.2, 0.25) is 0 Å². The van der Waals surface area contributed by atoms with Crippen molar-refractivity contribution in [3.8, 4) is 11.5 Å². The third-order valence-electron chi connectivity index (χ3n) is 5.47. The number of carbonyl (C=O) groups is 3. The molecule has 4 amide bonds. The van der Waals surface area contributed by atoms with Crippen LogP contribution in [0.3, 0.4) is 0 Å². The molecular formula is C26H30BrN3O5. The number of nitrogens with one attached hydrogen (secondary N) is 2. The first-order valence-corrected chi connectivity index (χ1v) is 12.4. The molecule has 186 valence electrons. The molecule has 1 aliphatic heterocycles. The molecule has 8 nitrogen and oxygen atoms in total. The third-order valence-corrected chi connectivity index (χ3v) is 6.06. The quantitative estimate of drug-likeness (QED) is 0.320. The SMILES string of the molecule is CCOc1cc(/C=C2/NC(=O)N(CC(=O)Nc3ccccc3CC)C2=O)cc(Br)c1O[C@H](C)CC. The van der Waals surface area contributed by atoms with Gasteiger partial charge in [-0.05, 0) is 78.0 Å². The van der Waals surface area contributed by atoms with Gasteiger partial charge in [-0.15, -0.1) is 0 Å². The zero-order valence-corrected chi connectivity index (χ0v) is 21.9. The Balaban J connectivity index is 1.78.